The fourth-order valence-corrected chi connectivity index (χ4v) is 6.26. The van der Waals surface area contributed by atoms with Crippen LogP contribution < -0.4 is 10.1 Å². The lowest BCUT2D eigenvalue weighted by atomic mass is 9.89. The zero-order valence-electron chi connectivity index (χ0n) is 25.6. The van der Waals surface area contributed by atoms with Crippen LogP contribution in [-0.4, -0.2) is 56.3 Å². The number of likely N-dealkylation sites (tertiary alicyclic amines) is 1. The van der Waals surface area contributed by atoms with Crippen LogP contribution in [0.15, 0.2) is 103 Å². The molecule has 1 amide bonds. The average molecular weight is 604 g/mol. The zero-order valence-corrected chi connectivity index (χ0v) is 25.6. The summed E-state index contributed by atoms with van der Waals surface area (Å²) < 4.78 is 7.63. The Balaban J connectivity index is 0.990. The molecule has 1 saturated heterocycles. The first-order valence-corrected chi connectivity index (χ1v) is 16.1. The number of hydrogen-bond donors (Lipinski definition) is 1. The van der Waals surface area contributed by atoms with Gasteiger partial charge in [-0.15, -0.1) is 5.10 Å². The molecule has 1 N–H and O–H groups in total. The summed E-state index contributed by atoms with van der Waals surface area (Å²) in [6.45, 7) is 1.40. The number of ether oxygens (including phenoxy) is 1. The molecule has 6 rings (SSSR count). The number of allylic oxidation sites excluding steroid dienone is 6. The molecule has 8 heteroatoms. The van der Waals surface area contributed by atoms with Gasteiger partial charge >= 0.3 is 0 Å². The van der Waals surface area contributed by atoms with Gasteiger partial charge in [0.1, 0.15) is 18.4 Å². The molecule has 2 fully saturated rings. The van der Waals surface area contributed by atoms with E-state index in [0.717, 1.165) is 36.1 Å². The topological polar surface area (TPSA) is 89.4 Å². The quantitative estimate of drug-likeness (QED) is 0.110. The normalized spacial score (nSPS) is 20.5. The number of nitrogens with zero attached hydrogens (tertiary/aromatic N) is 4. The van der Waals surface area contributed by atoms with E-state index in [9.17, 15) is 9.59 Å². The lowest BCUT2D eigenvalue weighted by molar-refractivity contribution is -0.153. The molecule has 1 aliphatic heterocycles. The summed E-state index contributed by atoms with van der Waals surface area (Å²) in [6.07, 6.45) is 23.8. The second-order valence-electron chi connectivity index (χ2n) is 11.9. The molecular formula is C37H41N5O3. The van der Waals surface area contributed by atoms with Crippen LogP contribution >= 0.6 is 0 Å². The highest BCUT2D eigenvalue weighted by Gasteiger charge is 2.48. The van der Waals surface area contributed by atoms with E-state index in [0.29, 0.717) is 37.1 Å². The summed E-state index contributed by atoms with van der Waals surface area (Å²) in [5.41, 5.74) is 3.59. The standard InChI is InChI=1S/C37H41N5O3/c43-35(23-17-29-12-8-9-13-29)30-18-20-33(21-19-30)45-25-24-41-27-31(39-40-41)26-38-36-34(22-16-28-10-4-3-5-11-28)42(37(36)44)32-14-6-1-2-7-15-32/h3-5,8,10-13,16-23,27,32,34,36,38H,1-2,6-7,9,14-15,24-26H2/b22-16+,23-17+/t34-,36+/m1/s1. The average Bonchev–Trinajstić information content (AvgIpc) is 3.69. The van der Waals surface area contributed by atoms with Crippen molar-refractivity contribution >= 4 is 17.8 Å². The molecule has 0 unspecified atom stereocenters. The largest absolute Gasteiger partial charge is 0.492 e. The Morgan fingerprint density at radius 3 is 2.56 bits per heavy atom. The molecule has 1 saturated carbocycles. The van der Waals surface area contributed by atoms with E-state index in [1.807, 2.05) is 48.7 Å². The van der Waals surface area contributed by atoms with E-state index in [1.165, 1.54) is 25.7 Å². The van der Waals surface area contributed by atoms with Crippen molar-refractivity contribution in [1.82, 2.24) is 25.2 Å². The second kappa shape index (κ2) is 14.9. The minimum atomic E-state index is -0.274. The van der Waals surface area contributed by atoms with E-state index in [-0.39, 0.29) is 23.8 Å². The van der Waals surface area contributed by atoms with Gasteiger partial charge in [-0.25, -0.2) is 4.68 Å². The van der Waals surface area contributed by atoms with E-state index in [1.54, 1.807) is 22.9 Å². The van der Waals surface area contributed by atoms with E-state index >= 15 is 0 Å². The van der Waals surface area contributed by atoms with Crippen molar-refractivity contribution in [3.8, 4) is 5.75 Å². The van der Waals surface area contributed by atoms with Crippen molar-refractivity contribution in [2.45, 2.75) is 76.2 Å². The van der Waals surface area contributed by atoms with Crippen LogP contribution in [0.5, 0.6) is 5.75 Å². The van der Waals surface area contributed by atoms with E-state index < -0.39 is 0 Å². The van der Waals surface area contributed by atoms with Gasteiger partial charge in [0.25, 0.3) is 0 Å². The lowest BCUT2D eigenvalue weighted by Gasteiger charge is -2.50. The number of nitrogens with one attached hydrogen (secondary N) is 1. The van der Waals surface area contributed by atoms with E-state index in [4.69, 9.17) is 4.74 Å². The van der Waals surface area contributed by atoms with Crippen LogP contribution in [0.25, 0.3) is 6.08 Å². The highest BCUT2D eigenvalue weighted by atomic mass is 16.5. The first-order chi connectivity index (χ1) is 22.1. The highest BCUT2D eigenvalue weighted by Crippen LogP contribution is 2.32. The smallest absolute Gasteiger partial charge is 0.243 e. The molecule has 2 heterocycles. The Bertz CT molecular complexity index is 1560. The van der Waals surface area contributed by atoms with Gasteiger partial charge in [0.15, 0.2) is 5.78 Å². The molecule has 8 nitrogen and oxygen atoms in total. The Kier molecular flexibility index (Phi) is 10.1. The molecule has 2 aliphatic carbocycles. The third kappa shape index (κ3) is 7.94. The third-order valence-electron chi connectivity index (χ3n) is 8.73. The van der Waals surface area contributed by atoms with Gasteiger partial charge in [-0.05, 0) is 60.7 Å². The monoisotopic (exact) mass is 603 g/mol. The third-order valence-corrected chi connectivity index (χ3v) is 8.73. The number of hydrogen-bond acceptors (Lipinski definition) is 6. The van der Waals surface area contributed by atoms with Crippen LogP contribution in [0.2, 0.25) is 0 Å². The number of ketones is 1. The number of aromatic nitrogens is 3. The summed E-state index contributed by atoms with van der Waals surface area (Å²) in [5, 5.41) is 12.0. The van der Waals surface area contributed by atoms with Crippen molar-refractivity contribution in [2.75, 3.05) is 6.61 Å². The van der Waals surface area contributed by atoms with Crippen molar-refractivity contribution in [3.63, 3.8) is 0 Å². The van der Waals surface area contributed by atoms with E-state index in [2.05, 4.69) is 57.0 Å². The molecule has 0 radical (unpaired) electrons. The van der Waals surface area contributed by atoms with Gasteiger partial charge in [0.2, 0.25) is 5.91 Å². The minimum Gasteiger partial charge on any atom is -0.492 e. The predicted molar refractivity (Wildman–Crippen MR) is 175 cm³/mol. The van der Waals surface area contributed by atoms with Crippen LogP contribution in [0.4, 0.5) is 0 Å². The molecule has 45 heavy (non-hydrogen) atoms. The fraction of sp³-hybridized carbons (Fsp3) is 0.351. The zero-order chi connectivity index (χ0) is 30.8. The molecule has 232 valence electrons. The summed E-state index contributed by atoms with van der Waals surface area (Å²) in [5.74, 6) is 0.832. The number of carbonyl (C=O) groups is 2. The lowest BCUT2D eigenvalue weighted by Crippen LogP contribution is -2.71. The first-order valence-electron chi connectivity index (χ1n) is 16.1. The second-order valence-corrected chi connectivity index (χ2v) is 11.9. The summed E-state index contributed by atoms with van der Waals surface area (Å²) in [4.78, 5) is 27.9. The van der Waals surface area contributed by atoms with Gasteiger partial charge in [-0.2, -0.15) is 0 Å². The molecule has 3 aromatic rings. The highest BCUT2D eigenvalue weighted by molar-refractivity contribution is 6.04. The number of rotatable bonds is 13. The molecule has 0 spiro atoms. The first kappa shape index (κ1) is 30.5. The number of β-lactam (4-membered cyclic amide) rings is 1. The van der Waals surface area contributed by atoms with Crippen molar-refractivity contribution < 1.29 is 14.3 Å². The van der Waals surface area contributed by atoms with Gasteiger partial charge in [0, 0.05) is 24.3 Å². The Morgan fingerprint density at radius 2 is 1.80 bits per heavy atom. The van der Waals surface area contributed by atoms with Gasteiger partial charge < -0.3 is 9.64 Å². The molecule has 2 atom stereocenters. The molecule has 2 aromatic carbocycles. The van der Waals surface area contributed by atoms with Crippen LogP contribution in [0.1, 0.15) is 66.6 Å². The van der Waals surface area contributed by atoms with Gasteiger partial charge in [-0.1, -0.05) is 97.7 Å². The number of carbonyl (C=O) groups excluding carboxylic acids is 2. The summed E-state index contributed by atoms with van der Waals surface area (Å²) >= 11 is 0. The van der Waals surface area contributed by atoms with Crippen molar-refractivity contribution in [3.05, 3.63) is 120 Å². The van der Waals surface area contributed by atoms with Crippen LogP contribution in [0, 0.1) is 0 Å². The van der Waals surface area contributed by atoms with Crippen molar-refractivity contribution in [2.24, 2.45) is 0 Å². The molecule has 0 bridgehead atoms. The number of benzene rings is 2. The molecular weight excluding hydrogens is 562 g/mol. The van der Waals surface area contributed by atoms with Crippen LogP contribution in [-0.2, 0) is 17.9 Å². The summed E-state index contributed by atoms with van der Waals surface area (Å²) in [7, 11) is 0. The minimum absolute atomic E-state index is 0.0174. The maximum absolute atomic E-state index is 13.4. The van der Waals surface area contributed by atoms with Gasteiger partial charge in [-0.3, -0.25) is 14.9 Å². The van der Waals surface area contributed by atoms with Crippen LogP contribution in [0.3, 0.4) is 0 Å². The summed E-state index contributed by atoms with van der Waals surface area (Å²) in [6, 6.07) is 17.5. The Labute approximate surface area is 265 Å². The maximum atomic E-state index is 13.4. The fourth-order valence-electron chi connectivity index (χ4n) is 6.26. The Morgan fingerprint density at radius 1 is 1.00 bits per heavy atom. The maximum Gasteiger partial charge on any atom is 0.243 e. The SMILES string of the molecule is O=C(/C=C/C1=CCC=C1)c1ccc(OCCn2cc(CN[C@@H]3C(=O)N(C4CCCCCC4)[C@@H]3/C=C/c3ccccc3)nn2)cc1. The van der Waals surface area contributed by atoms with Crippen molar-refractivity contribution in [1.29, 1.82) is 0 Å². The number of amides is 1. The Hall–Kier alpha value is -4.56. The predicted octanol–water partition coefficient (Wildman–Crippen LogP) is 6.09. The molecule has 3 aliphatic rings. The van der Waals surface area contributed by atoms with Gasteiger partial charge in [0.05, 0.1) is 18.3 Å². The molecule has 1 aromatic heterocycles.